The first-order chi connectivity index (χ1) is 3.56. The van der Waals surface area contributed by atoms with Gasteiger partial charge in [-0.1, -0.05) is 0 Å². The lowest BCUT2D eigenvalue weighted by Crippen LogP contribution is -2.07. The van der Waals surface area contributed by atoms with E-state index in [9.17, 15) is 0 Å². The van der Waals surface area contributed by atoms with Gasteiger partial charge in [0.25, 0.3) is 0 Å². The molecule has 0 aliphatic rings. The van der Waals surface area contributed by atoms with Crippen LogP contribution in [0.4, 0.5) is 0 Å². The van der Waals surface area contributed by atoms with Crippen molar-refractivity contribution in [1.29, 1.82) is 0 Å². The third-order valence-corrected chi connectivity index (χ3v) is 5.34. The third-order valence-electron chi connectivity index (χ3n) is 0.594. The molecular weight excluding hydrogens is 222 g/mol. The Labute approximate surface area is 71.1 Å². The van der Waals surface area contributed by atoms with Gasteiger partial charge in [-0.2, -0.15) is 11.1 Å². The minimum atomic E-state index is -2.31. The second-order valence-electron chi connectivity index (χ2n) is 1.41. The SMILES string of the molecule is Cl[SiH2]CC[Si](Cl)(Cl)Cl. The Balaban J connectivity index is 3.11. The first-order valence-electron chi connectivity index (χ1n) is 2.19. The molecule has 0 aliphatic heterocycles. The molecule has 6 heteroatoms. The van der Waals surface area contributed by atoms with Crippen molar-refractivity contribution >= 4 is 59.1 Å². The van der Waals surface area contributed by atoms with Crippen LogP contribution in [0, 0.1) is 0 Å². The van der Waals surface area contributed by atoms with Gasteiger partial charge in [-0.05, 0) is 12.1 Å². The Kier molecular flexibility index (Phi) is 5.30. The largest absolute Gasteiger partial charge is 0.341 e. The third kappa shape index (κ3) is 7.59. The van der Waals surface area contributed by atoms with Crippen LogP contribution in [0.1, 0.15) is 0 Å². The van der Waals surface area contributed by atoms with E-state index in [2.05, 4.69) is 0 Å². The predicted molar refractivity (Wildman–Crippen MR) is 47.3 cm³/mol. The van der Waals surface area contributed by atoms with Gasteiger partial charge < -0.3 is 0 Å². The molecule has 50 valence electrons. The summed E-state index contributed by atoms with van der Waals surface area (Å²) in [6.07, 6.45) is 0. The molecule has 0 aromatic carbocycles. The lowest BCUT2D eigenvalue weighted by atomic mass is 11.0. The van der Waals surface area contributed by atoms with E-state index in [1.165, 1.54) is 0 Å². The lowest BCUT2D eigenvalue weighted by Gasteiger charge is -2.02. The van der Waals surface area contributed by atoms with E-state index < -0.39 is 14.8 Å². The van der Waals surface area contributed by atoms with Crippen LogP contribution in [-0.2, 0) is 0 Å². The van der Waals surface area contributed by atoms with Crippen molar-refractivity contribution in [3.05, 3.63) is 0 Å². The van der Waals surface area contributed by atoms with Crippen LogP contribution in [0.3, 0.4) is 0 Å². The highest BCUT2D eigenvalue weighted by atomic mass is 35.8. The van der Waals surface area contributed by atoms with Crippen LogP contribution in [0.5, 0.6) is 0 Å². The van der Waals surface area contributed by atoms with Gasteiger partial charge in [0.1, 0.15) is 8.83 Å². The Morgan fingerprint density at radius 1 is 1.25 bits per heavy atom. The van der Waals surface area contributed by atoms with Gasteiger partial charge in [0.15, 0.2) is 0 Å². The van der Waals surface area contributed by atoms with Gasteiger partial charge >= 0.3 is 6.00 Å². The molecule has 0 amide bonds. The van der Waals surface area contributed by atoms with Gasteiger partial charge in [0.2, 0.25) is 0 Å². The summed E-state index contributed by atoms with van der Waals surface area (Å²) in [6, 6.07) is -0.633. The normalized spacial score (nSPS) is 13.5. The summed E-state index contributed by atoms with van der Waals surface area (Å²) < 4.78 is 0. The molecule has 8 heavy (non-hydrogen) atoms. The number of hydrogen-bond acceptors (Lipinski definition) is 0. The molecule has 0 atom stereocenters. The smallest absolute Gasteiger partial charge is 0.176 e. The van der Waals surface area contributed by atoms with E-state index in [1.807, 2.05) is 0 Å². The Morgan fingerprint density at radius 2 is 1.75 bits per heavy atom. The van der Waals surface area contributed by atoms with Gasteiger partial charge in [-0.3, -0.25) is 0 Å². The fourth-order valence-electron chi connectivity index (χ4n) is 0.267. The molecule has 0 rings (SSSR count). The van der Waals surface area contributed by atoms with E-state index in [0.29, 0.717) is 0 Å². The van der Waals surface area contributed by atoms with Gasteiger partial charge in [0.05, 0.1) is 0 Å². The van der Waals surface area contributed by atoms with Crippen molar-refractivity contribution in [2.75, 3.05) is 0 Å². The van der Waals surface area contributed by atoms with Crippen LogP contribution in [0.25, 0.3) is 0 Å². The minimum Gasteiger partial charge on any atom is -0.176 e. The highest BCUT2D eigenvalue weighted by Gasteiger charge is 2.23. The van der Waals surface area contributed by atoms with Gasteiger partial charge in [0, 0.05) is 0 Å². The van der Waals surface area contributed by atoms with E-state index >= 15 is 0 Å². The molecule has 0 aromatic heterocycles. The van der Waals surface area contributed by atoms with Crippen LogP contribution in [-0.4, -0.2) is 14.8 Å². The molecule has 0 aliphatic carbocycles. The fourth-order valence-corrected chi connectivity index (χ4v) is 7.22. The second kappa shape index (κ2) is 4.42. The summed E-state index contributed by atoms with van der Waals surface area (Å²) in [7, 11) is -0.412. The molecular formula is C2H6Cl4Si2. The summed E-state index contributed by atoms with van der Waals surface area (Å²) in [5, 5.41) is 0. The zero-order valence-corrected chi connectivity index (χ0v) is 9.57. The second-order valence-corrected chi connectivity index (χ2v) is 12.9. The zero-order chi connectivity index (χ0) is 6.62. The van der Waals surface area contributed by atoms with Crippen LogP contribution in [0.2, 0.25) is 12.1 Å². The molecule has 0 heterocycles. The Bertz CT molecular complexity index is 59.5. The molecule has 0 nitrogen and oxygen atoms in total. The molecule has 0 N–H and O–H groups in total. The summed E-state index contributed by atoms with van der Waals surface area (Å²) in [5.74, 6) is 0. The Hall–Kier alpha value is 1.59. The van der Waals surface area contributed by atoms with E-state index in [4.69, 9.17) is 44.3 Å². The fraction of sp³-hybridized carbons (Fsp3) is 1.00. The van der Waals surface area contributed by atoms with E-state index in [-0.39, 0.29) is 0 Å². The monoisotopic (exact) mass is 226 g/mol. The quantitative estimate of drug-likeness (QED) is 0.513. The Morgan fingerprint density at radius 3 is 1.88 bits per heavy atom. The number of hydrogen-bond donors (Lipinski definition) is 0. The van der Waals surface area contributed by atoms with Crippen LogP contribution < -0.4 is 0 Å². The average molecular weight is 228 g/mol. The van der Waals surface area contributed by atoms with Crippen LogP contribution in [0.15, 0.2) is 0 Å². The van der Waals surface area contributed by atoms with E-state index in [1.54, 1.807) is 0 Å². The summed E-state index contributed by atoms with van der Waals surface area (Å²) in [6.45, 7) is 0. The lowest BCUT2D eigenvalue weighted by molar-refractivity contribution is 1.43. The maximum absolute atomic E-state index is 5.55. The molecule has 0 saturated heterocycles. The summed E-state index contributed by atoms with van der Waals surface area (Å²) >= 11 is 22.1. The van der Waals surface area contributed by atoms with Gasteiger partial charge in [-0.15, -0.1) is 33.2 Å². The molecule has 0 fully saturated rings. The minimum absolute atomic E-state index is 0.412. The molecule has 0 saturated carbocycles. The van der Waals surface area contributed by atoms with Gasteiger partial charge in [-0.25, -0.2) is 0 Å². The molecule has 0 spiro atoms. The zero-order valence-electron chi connectivity index (χ0n) is 4.13. The standard InChI is InChI=1S/C2H6Cl4Si2/c3-7-1-2-8(4,5)6/h1-2,7H2. The van der Waals surface area contributed by atoms with Crippen molar-refractivity contribution in [1.82, 2.24) is 0 Å². The molecule has 0 bridgehead atoms. The number of rotatable bonds is 3. The maximum Gasteiger partial charge on any atom is 0.341 e. The first kappa shape index (κ1) is 9.59. The van der Waals surface area contributed by atoms with E-state index in [0.717, 1.165) is 12.1 Å². The molecule has 0 aromatic rings. The molecule has 0 unspecified atom stereocenters. The predicted octanol–water partition coefficient (Wildman–Crippen LogP) is 2.38. The van der Waals surface area contributed by atoms with Crippen LogP contribution >= 0.6 is 44.3 Å². The first-order valence-corrected chi connectivity index (χ1v) is 10.6. The van der Waals surface area contributed by atoms with Crippen molar-refractivity contribution < 1.29 is 0 Å². The molecule has 0 radical (unpaired) electrons. The maximum atomic E-state index is 5.55. The van der Waals surface area contributed by atoms with Crippen molar-refractivity contribution in [2.45, 2.75) is 12.1 Å². The van der Waals surface area contributed by atoms with Crippen molar-refractivity contribution in [3.63, 3.8) is 0 Å². The van der Waals surface area contributed by atoms with Crippen molar-refractivity contribution in [3.8, 4) is 0 Å². The highest BCUT2D eigenvalue weighted by molar-refractivity contribution is 7.64. The van der Waals surface area contributed by atoms with Crippen molar-refractivity contribution in [2.24, 2.45) is 0 Å². The topological polar surface area (TPSA) is 0 Å². The highest BCUT2D eigenvalue weighted by Crippen LogP contribution is 2.26. The average Bonchev–Trinajstić information content (AvgIpc) is 1.59. The summed E-state index contributed by atoms with van der Waals surface area (Å²) in [4.78, 5) is 0. The summed E-state index contributed by atoms with van der Waals surface area (Å²) in [5.41, 5.74) is 0. The number of halogens is 4.